The van der Waals surface area contributed by atoms with Crippen molar-refractivity contribution in [3.8, 4) is 0 Å². The van der Waals surface area contributed by atoms with E-state index < -0.39 is 11.2 Å². The predicted molar refractivity (Wildman–Crippen MR) is 77.4 cm³/mol. The molecule has 0 spiro atoms. The van der Waals surface area contributed by atoms with E-state index in [1.54, 1.807) is 0 Å². The van der Waals surface area contributed by atoms with Gasteiger partial charge in [-0.3, -0.25) is 14.3 Å². The Morgan fingerprint density at radius 2 is 2.11 bits per heavy atom. The number of rotatable bonds is 5. The maximum absolute atomic E-state index is 11.5. The lowest BCUT2D eigenvalue weighted by Gasteiger charge is -2.06. The molecule has 0 aliphatic heterocycles. The molecule has 2 rings (SSSR count). The van der Waals surface area contributed by atoms with Crippen molar-refractivity contribution < 1.29 is 0 Å². The van der Waals surface area contributed by atoms with Crippen molar-refractivity contribution in [2.75, 3.05) is 6.54 Å². The van der Waals surface area contributed by atoms with Crippen molar-refractivity contribution in [3.63, 3.8) is 0 Å². The highest BCUT2D eigenvalue weighted by molar-refractivity contribution is 7.16. The van der Waals surface area contributed by atoms with Gasteiger partial charge in [0.15, 0.2) is 0 Å². The van der Waals surface area contributed by atoms with Crippen LogP contribution in [0, 0.1) is 0 Å². The molecule has 2 aromatic heterocycles. The first-order valence-corrected chi connectivity index (χ1v) is 7.07. The second-order valence-corrected chi connectivity index (χ2v) is 6.02. The summed E-state index contributed by atoms with van der Waals surface area (Å²) in [6.45, 7) is 1.69. The van der Waals surface area contributed by atoms with Crippen LogP contribution in [0.2, 0.25) is 9.36 Å². The van der Waals surface area contributed by atoms with Crippen molar-refractivity contribution >= 4 is 34.5 Å². The second-order valence-electron chi connectivity index (χ2n) is 3.81. The lowest BCUT2D eigenvalue weighted by molar-refractivity contribution is 0.576. The first-order chi connectivity index (χ1) is 9.06. The van der Waals surface area contributed by atoms with E-state index in [9.17, 15) is 9.59 Å². The van der Waals surface area contributed by atoms with E-state index in [0.29, 0.717) is 19.6 Å². The fourth-order valence-corrected chi connectivity index (χ4v) is 2.73. The highest BCUT2D eigenvalue weighted by Gasteiger charge is 2.02. The van der Waals surface area contributed by atoms with Crippen LogP contribution in [-0.2, 0) is 13.1 Å². The number of nitrogens with zero attached hydrogens (tertiary/aromatic N) is 1. The first-order valence-electron chi connectivity index (χ1n) is 5.50. The Morgan fingerprint density at radius 3 is 2.79 bits per heavy atom. The molecule has 0 fully saturated rings. The number of nitrogens with one attached hydrogen (secondary N) is 2. The molecule has 0 saturated carbocycles. The van der Waals surface area contributed by atoms with Gasteiger partial charge in [0.25, 0.3) is 5.56 Å². The van der Waals surface area contributed by atoms with E-state index in [4.69, 9.17) is 23.2 Å². The fourth-order valence-electron chi connectivity index (χ4n) is 1.51. The number of aromatic nitrogens is 2. The molecule has 0 amide bonds. The van der Waals surface area contributed by atoms with E-state index in [1.807, 2.05) is 12.1 Å². The van der Waals surface area contributed by atoms with Crippen LogP contribution in [0.25, 0.3) is 0 Å². The highest BCUT2D eigenvalue weighted by atomic mass is 35.5. The lowest BCUT2D eigenvalue weighted by Crippen LogP contribution is -2.32. The zero-order valence-electron chi connectivity index (χ0n) is 9.78. The van der Waals surface area contributed by atoms with Gasteiger partial charge in [-0.1, -0.05) is 23.2 Å². The standard InChI is InChI=1S/C11H11Cl2N3O2S/c12-8-6-16(11(18)15-10(8)17)4-3-14-5-7-1-2-9(13)19-7/h1-2,6,14H,3-5H2,(H,15,17,18). The molecule has 0 bridgehead atoms. The number of hydrogen-bond acceptors (Lipinski definition) is 4. The Labute approximate surface area is 122 Å². The van der Waals surface area contributed by atoms with Crippen molar-refractivity contribution in [1.82, 2.24) is 14.9 Å². The van der Waals surface area contributed by atoms with Crippen LogP contribution in [0.15, 0.2) is 27.9 Å². The molecule has 102 valence electrons. The zero-order valence-corrected chi connectivity index (χ0v) is 12.1. The van der Waals surface area contributed by atoms with Crippen molar-refractivity contribution in [1.29, 1.82) is 0 Å². The van der Waals surface area contributed by atoms with Crippen molar-refractivity contribution in [2.24, 2.45) is 0 Å². The van der Waals surface area contributed by atoms with Gasteiger partial charge in [0.2, 0.25) is 0 Å². The van der Waals surface area contributed by atoms with Gasteiger partial charge in [-0.25, -0.2) is 4.79 Å². The number of hydrogen-bond donors (Lipinski definition) is 2. The highest BCUT2D eigenvalue weighted by Crippen LogP contribution is 2.20. The summed E-state index contributed by atoms with van der Waals surface area (Å²) in [5.41, 5.74) is -1.03. The summed E-state index contributed by atoms with van der Waals surface area (Å²) in [7, 11) is 0. The maximum Gasteiger partial charge on any atom is 0.328 e. The van der Waals surface area contributed by atoms with Gasteiger partial charge in [-0.15, -0.1) is 11.3 Å². The van der Waals surface area contributed by atoms with Crippen molar-refractivity contribution in [2.45, 2.75) is 13.1 Å². The minimum atomic E-state index is -0.566. The molecule has 2 heterocycles. The van der Waals surface area contributed by atoms with Gasteiger partial charge in [0.05, 0.1) is 4.34 Å². The van der Waals surface area contributed by atoms with E-state index in [1.165, 1.54) is 22.1 Å². The normalized spacial score (nSPS) is 10.8. The van der Waals surface area contributed by atoms with E-state index >= 15 is 0 Å². The third-order valence-electron chi connectivity index (χ3n) is 2.42. The Morgan fingerprint density at radius 1 is 1.32 bits per heavy atom. The van der Waals surface area contributed by atoms with Gasteiger partial charge in [0, 0.05) is 30.7 Å². The number of H-pyrrole nitrogens is 1. The average molecular weight is 320 g/mol. The lowest BCUT2D eigenvalue weighted by atomic mass is 10.4. The van der Waals surface area contributed by atoms with Gasteiger partial charge in [-0.2, -0.15) is 0 Å². The Bertz CT molecular complexity index is 677. The van der Waals surface area contributed by atoms with Crippen LogP contribution in [0.1, 0.15) is 4.88 Å². The molecule has 0 radical (unpaired) electrons. The second kappa shape index (κ2) is 6.38. The SMILES string of the molecule is O=c1[nH]c(=O)n(CCNCc2ccc(Cl)s2)cc1Cl. The quantitative estimate of drug-likeness (QED) is 0.824. The monoisotopic (exact) mass is 319 g/mol. The van der Waals surface area contributed by atoms with Gasteiger partial charge in [0.1, 0.15) is 5.02 Å². The van der Waals surface area contributed by atoms with Crippen LogP contribution < -0.4 is 16.6 Å². The molecule has 0 saturated heterocycles. The maximum atomic E-state index is 11.5. The summed E-state index contributed by atoms with van der Waals surface area (Å²) in [4.78, 5) is 25.8. The number of thiophene rings is 1. The minimum absolute atomic E-state index is 0.00430. The van der Waals surface area contributed by atoms with E-state index in [2.05, 4.69) is 10.3 Å². The van der Waals surface area contributed by atoms with Crippen LogP contribution in [0.5, 0.6) is 0 Å². The smallest absolute Gasteiger partial charge is 0.310 e. The zero-order chi connectivity index (χ0) is 13.8. The van der Waals surface area contributed by atoms with Gasteiger partial charge >= 0.3 is 5.69 Å². The molecule has 19 heavy (non-hydrogen) atoms. The van der Waals surface area contributed by atoms with E-state index in [-0.39, 0.29) is 5.02 Å². The Kier molecular flexibility index (Phi) is 4.81. The molecule has 0 aliphatic rings. The van der Waals surface area contributed by atoms with Crippen LogP contribution in [0.3, 0.4) is 0 Å². The molecule has 0 aliphatic carbocycles. The Balaban J connectivity index is 1.88. The number of aromatic amines is 1. The molecular weight excluding hydrogens is 309 g/mol. The summed E-state index contributed by atoms with van der Waals surface area (Å²) in [6, 6.07) is 3.79. The molecule has 0 aromatic carbocycles. The summed E-state index contributed by atoms with van der Waals surface area (Å²) in [6.07, 6.45) is 1.34. The molecule has 2 N–H and O–H groups in total. The topological polar surface area (TPSA) is 66.9 Å². The summed E-state index contributed by atoms with van der Waals surface area (Å²) in [5, 5.41) is 3.19. The predicted octanol–water partition coefficient (Wildman–Crippen LogP) is 1.69. The average Bonchev–Trinajstić information content (AvgIpc) is 2.77. The van der Waals surface area contributed by atoms with Crippen LogP contribution >= 0.6 is 34.5 Å². The van der Waals surface area contributed by atoms with Gasteiger partial charge < -0.3 is 5.32 Å². The first kappa shape index (κ1) is 14.3. The van der Waals surface area contributed by atoms with Gasteiger partial charge in [-0.05, 0) is 12.1 Å². The molecule has 0 atom stereocenters. The van der Waals surface area contributed by atoms with Crippen LogP contribution in [-0.4, -0.2) is 16.1 Å². The summed E-state index contributed by atoms with van der Waals surface area (Å²) >= 11 is 13.0. The third kappa shape index (κ3) is 3.94. The molecule has 0 unspecified atom stereocenters. The minimum Gasteiger partial charge on any atom is -0.310 e. The molecule has 5 nitrogen and oxygen atoms in total. The fraction of sp³-hybridized carbons (Fsp3) is 0.273. The van der Waals surface area contributed by atoms with Crippen molar-refractivity contribution in [3.05, 3.63) is 53.4 Å². The van der Waals surface area contributed by atoms with Crippen LogP contribution in [0.4, 0.5) is 0 Å². The largest absolute Gasteiger partial charge is 0.328 e. The van der Waals surface area contributed by atoms with E-state index in [0.717, 1.165) is 9.21 Å². The molecule has 8 heteroatoms. The molecule has 2 aromatic rings. The Hall–Kier alpha value is -1.08. The number of halogens is 2. The molecular formula is C11H11Cl2N3O2S. The third-order valence-corrected chi connectivity index (χ3v) is 3.93. The summed E-state index contributed by atoms with van der Waals surface area (Å²) < 4.78 is 2.11. The summed E-state index contributed by atoms with van der Waals surface area (Å²) in [5.74, 6) is 0.